The third-order valence-electron chi connectivity index (χ3n) is 8.35. The number of carbonyl (C=O) groups is 2. The highest BCUT2D eigenvalue weighted by molar-refractivity contribution is 5.93. The Hall–Kier alpha value is -2.67. The van der Waals surface area contributed by atoms with Gasteiger partial charge in [-0.25, -0.2) is 0 Å². The average molecular weight is 448 g/mol. The van der Waals surface area contributed by atoms with E-state index in [1.165, 1.54) is 12.8 Å². The summed E-state index contributed by atoms with van der Waals surface area (Å²) in [5.74, 6) is 1.68. The number of carbonyl (C=O) groups excluding carboxylic acids is 2. The van der Waals surface area contributed by atoms with Crippen LogP contribution in [0.15, 0.2) is 36.4 Å². The number of hydrogen-bond acceptors (Lipinski definition) is 4. The van der Waals surface area contributed by atoms with Crippen LogP contribution in [-0.4, -0.2) is 81.5 Å². The van der Waals surface area contributed by atoms with Gasteiger partial charge in [-0.2, -0.15) is 5.10 Å². The highest BCUT2D eigenvalue weighted by Gasteiger charge is 2.45. The van der Waals surface area contributed by atoms with E-state index in [0.29, 0.717) is 35.5 Å². The second-order valence-electron chi connectivity index (χ2n) is 10.4. The zero-order valence-electron chi connectivity index (χ0n) is 19.2. The zero-order valence-corrected chi connectivity index (χ0v) is 19.2. The van der Waals surface area contributed by atoms with E-state index in [2.05, 4.69) is 20.0 Å². The molecule has 4 aliphatic heterocycles. The molecule has 1 aromatic heterocycles. The Morgan fingerprint density at radius 3 is 2.67 bits per heavy atom. The van der Waals surface area contributed by atoms with Gasteiger partial charge in [-0.15, -0.1) is 0 Å². The number of hydrogen-bond donors (Lipinski definition) is 1. The van der Waals surface area contributed by atoms with Crippen LogP contribution in [0.4, 0.5) is 0 Å². The molecule has 5 heterocycles. The number of nitrogens with zero attached hydrogens (tertiary/aromatic N) is 4. The van der Waals surface area contributed by atoms with Gasteiger partial charge in [0.25, 0.3) is 5.91 Å². The van der Waals surface area contributed by atoms with Crippen molar-refractivity contribution in [3.05, 3.63) is 42.1 Å². The number of nitrogens with one attached hydrogen (secondary N) is 1. The van der Waals surface area contributed by atoms with Gasteiger partial charge in [-0.1, -0.05) is 30.3 Å². The van der Waals surface area contributed by atoms with Gasteiger partial charge in [0, 0.05) is 56.8 Å². The van der Waals surface area contributed by atoms with Crippen LogP contribution in [0.5, 0.6) is 0 Å². The van der Waals surface area contributed by atoms with Gasteiger partial charge in [0.15, 0.2) is 0 Å². The fourth-order valence-corrected chi connectivity index (χ4v) is 6.74. The largest absolute Gasteiger partial charge is 0.339 e. The molecule has 1 aromatic carbocycles. The first-order valence-corrected chi connectivity index (χ1v) is 12.6. The fourth-order valence-electron chi connectivity index (χ4n) is 6.74. The molecule has 4 fully saturated rings. The molecule has 4 saturated heterocycles. The molecule has 3 atom stereocenters. The summed E-state index contributed by atoms with van der Waals surface area (Å²) in [5, 5.41) is 7.30. The van der Waals surface area contributed by atoms with Gasteiger partial charge in [0.05, 0.1) is 5.69 Å². The second kappa shape index (κ2) is 8.60. The summed E-state index contributed by atoms with van der Waals surface area (Å²) in [6.07, 6.45) is 6.32. The predicted molar refractivity (Wildman–Crippen MR) is 125 cm³/mol. The highest BCUT2D eigenvalue weighted by atomic mass is 16.2. The van der Waals surface area contributed by atoms with E-state index in [1.807, 2.05) is 41.3 Å². The average Bonchev–Trinajstić information content (AvgIpc) is 3.35. The van der Waals surface area contributed by atoms with Crippen LogP contribution in [0, 0.1) is 11.8 Å². The Morgan fingerprint density at radius 2 is 1.85 bits per heavy atom. The molecule has 4 aliphatic rings. The minimum Gasteiger partial charge on any atom is -0.339 e. The standard InChI is InChI=1S/C26H33N5O2/c32-25-8-4-7-24-20-13-18(16-31(24)25)15-30(17-20)21-9-11-29(12-10-21)26(33)23-14-22(27-28-23)19-5-2-1-3-6-19/h1-3,5-6,14,18,20-21,24H,4,7-13,15-17H2,(H,27,28)/t18-,20-,24-/m1/s1. The first-order valence-electron chi connectivity index (χ1n) is 12.6. The van der Waals surface area contributed by atoms with Crippen molar-refractivity contribution in [3.63, 3.8) is 0 Å². The molecule has 6 rings (SSSR count). The summed E-state index contributed by atoms with van der Waals surface area (Å²) >= 11 is 0. The monoisotopic (exact) mass is 447 g/mol. The smallest absolute Gasteiger partial charge is 0.271 e. The Labute approximate surface area is 195 Å². The summed E-state index contributed by atoms with van der Waals surface area (Å²) < 4.78 is 0. The van der Waals surface area contributed by atoms with E-state index >= 15 is 0 Å². The van der Waals surface area contributed by atoms with Crippen LogP contribution < -0.4 is 0 Å². The number of aromatic amines is 1. The number of likely N-dealkylation sites (tertiary alicyclic amines) is 2. The van der Waals surface area contributed by atoms with Crippen LogP contribution in [0.3, 0.4) is 0 Å². The molecule has 7 heteroatoms. The molecule has 2 aromatic rings. The molecule has 174 valence electrons. The van der Waals surface area contributed by atoms with E-state index in [-0.39, 0.29) is 5.91 Å². The maximum absolute atomic E-state index is 13.1. The third kappa shape index (κ3) is 3.97. The minimum absolute atomic E-state index is 0.0509. The Kier molecular flexibility index (Phi) is 5.45. The molecule has 0 radical (unpaired) electrons. The molecule has 0 aliphatic carbocycles. The normalized spacial score (nSPS) is 28.6. The predicted octanol–water partition coefficient (Wildman–Crippen LogP) is 3.01. The Morgan fingerprint density at radius 1 is 1.03 bits per heavy atom. The lowest BCUT2D eigenvalue weighted by Gasteiger charge is -2.54. The topological polar surface area (TPSA) is 72.5 Å². The van der Waals surface area contributed by atoms with E-state index < -0.39 is 0 Å². The van der Waals surface area contributed by atoms with Gasteiger partial charge >= 0.3 is 0 Å². The maximum atomic E-state index is 13.1. The molecule has 0 unspecified atom stereocenters. The number of benzene rings is 1. The van der Waals surface area contributed by atoms with Crippen LogP contribution in [0.2, 0.25) is 0 Å². The summed E-state index contributed by atoms with van der Waals surface area (Å²) in [6, 6.07) is 12.8. The first kappa shape index (κ1) is 20.9. The van der Waals surface area contributed by atoms with E-state index in [0.717, 1.165) is 69.7 Å². The van der Waals surface area contributed by atoms with E-state index in [9.17, 15) is 9.59 Å². The van der Waals surface area contributed by atoms with Crippen molar-refractivity contribution in [2.45, 2.75) is 50.6 Å². The minimum atomic E-state index is 0.0509. The van der Waals surface area contributed by atoms with Crippen LogP contribution in [-0.2, 0) is 4.79 Å². The lowest BCUT2D eigenvalue weighted by Crippen LogP contribution is -2.62. The zero-order chi connectivity index (χ0) is 22.4. The molecule has 2 bridgehead atoms. The van der Waals surface area contributed by atoms with Crippen molar-refractivity contribution in [1.29, 1.82) is 0 Å². The third-order valence-corrected chi connectivity index (χ3v) is 8.35. The van der Waals surface area contributed by atoms with E-state index in [1.54, 1.807) is 0 Å². The quantitative estimate of drug-likeness (QED) is 0.785. The highest BCUT2D eigenvalue weighted by Crippen LogP contribution is 2.39. The van der Waals surface area contributed by atoms with E-state index in [4.69, 9.17) is 0 Å². The molecule has 2 amide bonds. The van der Waals surface area contributed by atoms with Crippen LogP contribution in [0.25, 0.3) is 11.3 Å². The van der Waals surface area contributed by atoms with Gasteiger partial charge in [-0.05, 0) is 50.0 Å². The van der Waals surface area contributed by atoms with Crippen molar-refractivity contribution in [3.8, 4) is 11.3 Å². The van der Waals surface area contributed by atoms with Crippen molar-refractivity contribution in [1.82, 2.24) is 24.9 Å². The molecule has 7 nitrogen and oxygen atoms in total. The van der Waals surface area contributed by atoms with Gasteiger partial charge in [0.1, 0.15) is 5.69 Å². The maximum Gasteiger partial charge on any atom is 0.271 e. The summed E-state index contributed by atoms with van der Waals surface area (Å²) in [6.45, 7) is 4.76. The number of H-pyrrole nitrogens is 1. The van der Waals surface area contributed by atoms with Crippen LogP contribution in [0.1, 0.15) is 49.0 Å². The molecular weight excluding hydrogens is 414 g/mol. The number of amides is 2. The molecular formula is C26H33N5O2. The SMILES string of the molecule is O=C(c1cc(-c2ccccc2)n[nH]1)N1CCC(N2C[C@H]3C[C@H](C2)[C@H]2CCCC(=O)N2C3)CC1. The molecule has 0 saturated carbocycles. The van der Waals surface area contributed by atoms with Gasteiger partial charge in [-0.3, -0.25) is 19.6 Å². The van der Waals surface area contributed by atoms with Crippen molar-refractivity contribution in [2.75, 3.05) is 32.7 Å². The molecule has 33 heavy (non-hydrogen) atoms. The second-order valence-corrected chi connectivity index (χ2v) is 10.4. The van der Waals surface area contributed by atoms with Gasteiger partial charge < -0.3 is 9.80 Å². The molecule has 1 N–H and O–H groups in total. The summed E-state index contributed by atoms with van der Waals surface area (Å²) in [5.41, 5.74) is 2.39. The first-order chi connectivity index (χ1) is 16.2. The Bertz CT molecular complexity index is 1010. The number of fused-ring (bicyclic) bond motifs is 4. The lowest BCUT2D eigenvalue weighted by molar-refractivity contribution is -0.145. The summed E-state index contributed by atoms with van der Waals surface area (Å²) in [7, 11) is 0. The molecule has 0 spiro atoms. The lowest BCUT2D eigenvalue weighted by atomic mass is 9.75. The van der Waals surface area contributed by atoms with Crippen LogP contribution >= 0.6 is 0 Å². The van der Waals surface area contributed by atoms with Crippen molar-refractivity contribution in [2.24, 2.45) is 11.8 Å². The summed E-state index contributed by atoms with van der Waals surface area (Å²) in [4.78, 5) is 32.4. The number of piperidine rings is 4. The fraction of sp³-hybridized carbons (Fsp3) is 0.577. The Balaban J connectivity index is 1.06. The van der Waals surface area contributed by atoms with Gasteiger partial charge in [0.2, 0.25) is 5.91 Å². The number of aromatic nitrogens is 2. The van der Waals surface area contributed by atoms with Crippen molar-refractivity contribution < 1.29 is 9.59 Å². The number of rotatable bonds is 3. The van der Waals surface area contributed by atoms with Crippen molar-refractivity contribution >= 4 is 11.8 Å².